The number of benzene rings is 1. The van der Waals surface area contributed by atoms with Crippen LogP contribution < -0.4 is 27.3 Å². The van der Waals surface area contributed by atoms with Crippen LogP contribution in [0.15, 0.2) is 29.3 Å². The lowest BCUT2D eigenvalue weighted by Crippen LogP contribution is -2.45. The molecule has 0 fully saturated rings. The zero-order chi connectivity index (χ0) is 36.5. The summed E-state index contributed by atoms with van der Waals surface area (Å²) in [7, 11) is 0. The molecule has 276 valence electrons. The SMILES string of the molecule is NC(=NCCCCc1ccc(OCCN(CC[C@@H](O)[C@H](O)[C@H](O)CO)C[C@H](O)[C@@H](O)C[C@H](O)CO)cc1)NC(=O)c1nc(Cl)c(N)nc1N. The molecule has 1 aromatic heterocycles. The first-order chi connectivity index (χ1) is 23.2. The number of carbonyl (C=O) groups excluding carboxylic acids is 1. The summed E-state index contributed by atoms with van der Waals surface area (Å²) >= 11 is 5.80. The van der Waals surface area contributed by atoms with Crippen LogP contribution >= 0.6 is 11.6 Å². The van der Waals surface area contributed by atoms with E-state index in [1.807, 2.05) is 12.1 Å². The molecule has 0 aliphatic carbocycles. The first-order valence-corrected chi connectivity index (χ1v) is 16.1. The van der Waals surface area contributed by atoms with Crippen molar-refractivity contribution < 1.29 is 50.4 Å². The highest BCUT2D eigenvalue weighted by molar-refractivity contribution is 6.31. The lowest BCUT2D eigenvalue weighted by Gasteiger charge is -2.29. The van der Waals surface area contributed by atoms with Crippen molar-refractivity contribution in [3.8, 4) is 5.75 Å². The van der Waals surface area contributed by atoms with Crippen LogP contribution in [-0.2, 0) is 6.42 Å². The van der Waals surface area contributed by atoms with E-state index in [0.717, 1.165) is 18.4 Å². The van der Waals surface area contributed by atoms with E-state index >= 15 is 0 Å². The Labute approximate surface area is 288 Å². The smallest absolute Gasteiger partial charge is 0.280 e. The van der Waals surface area contributed by atoms with Crippen molar-refractivity contribution in [3.05, 3.63) is 40.7 Å². The first kappa shape index (κ1) is 41.7. The summed E-state index contributed by atoms with van der Waals surface area (Å²) < 4.78 is 5.84. The number of aryl methyl sites for hydroxylation is 1. The van der Waals surface area contributed by atoms with Gasteiger partial charge in [-0.3, -0.25) is 20.0 Å². The van der Waals surface area contributed by atoms with E-state index in [2.05, 4.69) is 20.3 Å². The quantitative estimate of drug-likeness (QED) is 0.0327. The van der Waals surface area contributed by atoms with Gasteiger partial charge in [0.05, 0.1) is 37.6 Å². The molecule has 0 aliphatic rings. The summed E-state index contributed by atoms with van der Waals surface area (Å²) in [6.45, 7) is -0.465. The number of nitrogen functional groups attached to an aromatic ring is 2. The lowest BCUT2D eigenvalue weighted by atomic mass is 10.0. The largest absolute Gasteiger partial charge is 0.492 e. The van der Waals surface area contributed by atoms with Gasteiger partial charge in [0, 0.05) is 32.6 Å². The Bertz CT molecular complexity index is 1310. The number of hydrogen-bond acceptors (Lipinski definition) is 16. The third kappa shape index (κ3) is 14.9. The summed E-state index contributed by atoms with van der Waals surface area (Å²) in [6, 6.07) is 7.42. The monoisotopic (exact) mass is 716 g/mol. The summed E-state index contributed by atoms with van der Waals surface area (Å²) in [6.07, 6.45) is -6.34. The highest BCUT2D eigenvalue weighted by Gasteiger charge is 2.26. The van der Waals surface area contributed by atoms with Crippen LogP contribution in [0.3, 0.4) is 0 Å². The van der Waals surface area contributed by atoms with Gasteiger partial charge in [-0.25, -0.2) is 9.97 Å². The van der Waals surface area contributed by atoms with Crippen molar-refractivity contribution in [1.29, 1.82) is 0 Å². The van der Waals surface area contributed by atoms with Gasteiger partial charge in [0.1, 0.15) is 24.6 Å². The van der Waals surface area contributed by atoms with Crippen LogP contribution in [0.25, 0.3) is 0 Å². The summed E-state index contributed by atoms with van der Waals surface area (Å²) in [4.78, 5) is 25.7. The van der Waals surface area contributed by atoms with Crippen LogP contribution in [0.4, 0.5) is 11.6 Å². The molecule has 0 saturated carbocycles. The second-order valence-corrected chi connectivity index (χ2v) is 11.8. The molecule has 0 saturated heterocycles. The van der Waals surface area contributed by atoms with Crippen molar-refractivity contribution in [2.45, 2.75) is 68.7 Å². The third-order valence-corrected chi connectivity index (χ3v) is 7.73. The molecule has 0 aliphatic heterocycles. The zero-order valence-corrected chi connectivity index (χ0v) is 27.8. The molecule has 15 N–H and O–H groups in total. The Morgan fingerprint density at radius 1 is 0.918 bits per heavy atom. The fourth-order valence-corrected chi connectivity index (χ4v) is 4.68. The van der Waals surface area contributed by atoms with Gasteiger partial charge >= 0.3 is 0 Å². The maximum absolute atomic E-state index is 12.3. The molecule has 1 heterocycles. The number of nitrogens with one attached hydrogen (secondary N) is 1. The number of hydrogen-bond donors (Lipinski definition) is 12. The van der Waals surface area contributed by atoms with Gasteiger partial charge in [-0.1, -0.05) is 23.7 Å². The molecule has 0 unspecified atom stereocenters. The van der Waals surface area contributed by atoms with Crippen LogP contribution in [0, 0.1) is 0 Å². The maximum Gasteiger partial charge on any atom is 0.280 e. The molecule has 0 radical (unpaired) electrons. The van der Waals surface area contributed by atoms with Crippen molar-refractivity contribution in [1.82, 2.24) is 20.2 Å². The van der Waals surface area contributed by atoms with Crippen molar-refractivity contribution in [2.75, 3.05) is 57.5 Å². The van der Waals surface area contributed by atoms with Gasteiger partial charge in [-0.05, 0) is 43.4 Å². The number of ether oxygens (including phenoxy) is 1. The van der Waals surface area contributed by atoms with E-state index in [1.165, 1.54) is 0 Å². The van der Waals surface area contributed by atoms with Gasteiger partial charge in [-0.15, -0.1) is 0 Å². The van der Waals surface area contributed by atoms with Crippen LogP contribution in [0.5, 0.6) is 5.75 Å². The summed E-state index contributed by atoms with van der Waals surface area (Å²) in [5.74, 6) is -0.543. The molecule has 0 spiro atoms. The Hall–Kier alpha value is -3.43. The molecule has 6 atom stereocenters. The summed E-state index contributed by atoms with van der Waals surface area (Å²) in [5.41, 5.74) is 17.8. The van der Waals surface area contributed by atoms with Gasteiger partial charge in [-0.2, -0.15) is 0 Å². The van der Waals surface area contributed by atoms with E-state index in [4.69, 9.17) is 43.8 Å². The van der Waals surface area contributed by atoms with Crippen molar-refractivity contribution in [2.24, 2.45) is 10.7 Å². The molecular weight excluding hydrogens is 668 g/mol. The van der Waals surface area contributed by atoms with Crippen LogP contribution in [0.1, 0.15) is 41.7 Å². The van der Waals surface area contributed by atoms with Crippen molar-refractivity contribution in [3.63, 3.8) is 0 Å². The molecule has 2 rings (SSSR count). The Kier molecular flexibility index (Phi) is 18.4. The first-order valence-electron chi connectivity index (χ1n) is 15.7. The Balaban J connectivity index is 1.81. The zero-order valence-electron chi connectivity index (χ0n) is 27.1. The number of aliphatic imine (C=N–C) groups is 1. The highest BCUT2D eigenvalue weighted by Crippen LogP contribution is 2.18. The Morgan fingerprint density at radius 2 is 1.61 bits per heavy atom. The lowest BCUT2D eigenvalue weighted by molar-refractivity contribution is -0.0818. The van der Waals surface area contributed by atoms with Gasteiger partial charge < -0.3 is 62.8 Å². The topological polar surface area (TPSA) is 320 Å². The highest BCUT2D eigenvalue weighted by atomic mass is 35.5. The predicted molar refractivity (Wildman–Crippen MR) is 181 cm³/mol. The van der Waals surface area contributed by atoms with Gasteiger partial charge in [0.25, 0.3) is 5.91 Å². The third-order valence-electron chi connectivity index (χ3n) is 7.45. The second-order valence-electron chi connectivity index (χ2n) is 11.4. The number of aromatic nitrogens is 2. The molecule has 2 aromatic rings. The van der Waals surface area contributed by atoms with Gasteiger partial charge in [0.2, 0.25) is 0 Å². The number of aliphatic hydroxyl groups excluding tert-OH is 8. The van der Waals surface area contributed by atoms with E-state index in [9.17, 15) is 35.4 Å². The van der Waals surface area contributed by atoms with Crippen LogP contribution in [-0.4, -0.2) is 150 Å². The number of halogens is 1. The standard InChI is InChI=1S/C30H49ClN8O10/c31-26-28(33)37-27(32)24(36-26)29(48)38-30(34)35-9-2-1-3-17-4-6-19(7-5-17)49-12-11-39(10-8-20(43)25(47)23(46)16-41)14-22(45)21(44)13-18(42)15-40/h4-7,18,20-23,25,40-47H,1-3,8-16H2,(H4,32,33,37)(H3,34,35,38,48)/t18-,20+,21-,22-,23+,25-/m0/s1. The second kappa shape index (κ2) is 21.6. The molecule has 49 heavy (non-hydrogen) atoms. The number of carbonyl (C=O) groups is 1. The Morgan fingerprint density at radius 3 is 2.27 bits per heavy atom. The van der Waals surface area contributed by atoms with E-state index in [1.54, 1.807) is 17.0 Å². The average molecular weight is 717 g/mol. The minimum Gasteiger partial charge on any atom is -0.492 e. The normalized spacial score (nSPS) is 15.8. The number of nitrogens with two attached hydrogens (primary N) is 3. The number of rotatable bonds is 22. The van der Waals surface area contributed by atoms with Crippen molar-refractivity contribution >= 4 is 35.1 Å². The van der Waals surface area contributed by atoms with Gasteiger partial charge in [0.15, 0.2) is 28.4 Å². The average Bonchev–Trinajstić information content (AvgIpc) is 3.07. The van der Waals surface area contributed by atoms with E-state index < -0.39 is 55.7 Å². The fourth-order valence-electron chi connectivity index (χ4n) is 4.55. The molecule has 18 nitrogen and oxygen atoms in total. The summed E-state index contributed by atoms with van der Waals surface area (Å²) in [5, 5.41) is 80.3. The number of anilines is 2. The molecule has 19 heteroatoms. The molecular formula is C30H49ClN8O10. The molecule has 1 amide bonds. The minimum absolute atomic E-state index is 0.0230. The number of guanidine groups is 1. The minimum atomic E-state index is -1.58. The maximum atomic E-state index is 12.3. The number of nitrogens with zero attached hydrogens (tertiary/aromatic N) is 4. The number of unbranched alkanes of at least 4 members (excludes halogenated alkanes) is 1. The van der Waals surface area contributed by atoms with Crippen LogP contribution in [0.2, 0.25) is 5.15 Å². The predicted octanol–water partition coefficient (Wildman–Crippen LogP) is -3.03. The van der Waals surface area contributed by atoms with E-state index in [-0.39, 0.29) is 67.5 Å². The number of aliphatic hydroxyl groups is 8. The molecule has 1 aromatic carbocycles. The van der Waals surface area contributed by atoms with E-state index in [0.29, 0.717) is 18.7 Å². The molecule has 0 bridgehead atoms. The number of amides is 1. The fraction of sp³-hybridized carbons (Fsp3) is 0.600.